The monoisotopic (exact) mass is 367 g/mol. The van der Waals surface area contributed by atoms with E-state index >= 15 is 0 Å². The summed E-state index contributed by atoms with van der Waals surface area (Å²) in [4.78, 5) is 12.3. The van der Waals surface area contributed by atoms with Crippen LogP contribution in [-0.4, -0.2) is 17.0 Å². The summed E-state index contributed by atoms with van der Waals surface area (Å²) in [7, 11) is 0. The number of rotatable bonds is 3. The molecule has 0 bridgehead atoms. The number of amidine groups is 1. The normalized spacial score (nSPS) is 11.2. The fourth-order valence-electron chi connectivity index (χ4n) is 1.73. The number of carbonyl (C=O) groups is 1. The Bertz CT molecular complexity index is 719. The van der Waals surface area contributed by atoms with Crippen LogP contribution in [0.2, 0.25) is 5.02 Å². The van der Waals surface area contributed by atoms with Gasteiger partial charge in [-0.2, -0.15) is 0 Å². The molecule has 0 aromatic heterocycles. The molecule has 21 heavy (non-hydrogen) atoms. The Morgan fingerprint density at radius 2 is 1.95 bits per heavy atom. The summed E-state index contributed by atoms with van der Waals surface area (Å²) in [5, 5.41) is 14.9. The van der Waals surface area contributed by atoms with Crippen molar-refractivity contribution < 1.29 is 10.0 Å². The van der Waals surface area contributed by atoms with Crippen molar-refractivity contribution in [2.24, 2.45) is 10.9 Å². The van der Waals surface area contributed by atoms with Crippen molar-refractivity contribution in [2.45, 2.75) is 0 Å². The summed E-state index contributed by atoms with van der Waals surface area (Å²) in [6, 6.07) is 11.7. The number of hydrogen-bond donors (Lipinski definition) is 3. The summed E-state index contributed by atoms with van der Waals surface area (Å²) in [6.07, 6.45) is 0. The smallest absolute Gasteiger partial charge is 0.256 e. The molecule has 0 radical (unpaired) electrons. The van der Waals surface area contributed by atoms with E-state index in [0.29, 0.717) is 26.3 Å². The van der Waals surface area contributed by atoms with Crippen LogP contribution in [0.3, 0.4) is 0 Å². The molecule has 0 spiro atoms. The summed E-state index contributed by atoms with van der Waals surface area (Å²) in [5.41, 5.74) is 6.83. The number of nitrogens with one attached hydrogen (secondary N) is 1. The highest BCUT2D eigenvalue weighted by atomic mass is 79.9. The topological polar surface area (TPSA) is 87.7 Å². The van der Waals surface area contributed by atoms with E-state index in [0.717, 1.165) is 0 Å². The van der Waals surface area contributed by atoms with Crippen molar-refractivity contribution in [1.29, 1.82) is 0 Å². The molecule has 0 aliphatic heterocycles. The molecule has 2 aromatic carbocycles. The zero-order valence-corrected chi connectivity index (χ0v) is 13.0. The largest absolute Gasteiger partial charge is 0.409 e. The van der Waals surface area contributed by atoms with Crippen molar-refractivity contribution in [3.05, 3.63) is 63.1 Å². The number of nitrogens with two attached hydrogens (primary N) is 1. The van der Waals surface area contributed by atoms with E-state index < -0.39 is 0 Å². The number of benzene rings is 2. The second kappa shape index (κ2) is 6.60. The maximum absolute atomic E-state index is 12.3. The lowest BCUT2D eigenvalue weighted by molar-refractivity contribution is 0.102. The Morgan fingerprint density at radius 1 is 1.24 bits per heavy atom. The number of para-hydroxylation sites is 1. The van der Waals surface area contributed by atoms with Crippen molar-refractivity contribution >= 4 is 45.0 Å². The van der Waals surface area contributed by atoms with Crippen LogP contribution in [0, 0.1) is 0 Å². The maximum Gasteiger partial charge on any atom is 0.256 e. The van der Waals surface area contributed by atoms with Crippen LogP contribution in [0.5, 0.6) is 0 Å². The molecule has 0 heterocycles. The first kappa shape index (κ1) is 15.3. The number of halogens is 2. The molecule has 7 heteroatoms. The first-order valence-corrected chi connectivity index (χ1v) is 7.03. The molecule has 0 aliphatic carbocycles. The average Bonchev–Trinajstić information content (AvgIpc) is 2.49. The SMILES string of the molecule is N/C(=N/O)c1ccccc1NC(=O)c1cc(Cl)ccc1Br. The summed E-state index contributed by atoms with van der Waals surface area (Å²) in [5.74, 6) is -0.446. The summed E-state index contributed by atoms with van der Waals surface area (Å²) >= 11 is 9.19. The van der Waals surface area contributed by atoms with Crippen LogP contribution in [-0.2, 0) is 0 Å². The Morgan fingerprint density at radius 3 is 2.67 bits per heavy atom. The van der Waals surface area contributed by atoms with E-state index in [1.165, 1.54) is 0 Å². The van der Waals surface area contributed by atoms with Gasteiger partial charge in [-0.15, -0.1) is 0 Å². The predicted molar refractivity (Wildman–Crippen MR) is 86.1 cm³/mol. The highest BCUT2D eigenvalue weighted by Crippen LogP contribution is 2.23. The van der Waals surface area contributed by atoms with E-state index in [9.17, 15) is 4.79 Å². The first-order valence-electron chi connectivity index (χ1n) is 5.86. The fourth-order valence-corrected chi connectivity index (χ4v) is 2.33. The van der Waals surface area contributed by atoms with Crippen LogP contribution >= 0.6 is 27.5 Å². The van der Waals surface area contributed by atoms with Crippen molar-refractivity contribution in [2.75, 3.05) is 5.32 Å². The molecule has 0 aliphatic rings. The zero-order valence-electron chi connectivity index (χ0n) is 10.7. The van der Waals surface area contributed by atoms with Gasteiger partial charge in [0, 0.05) is 15.1 Å². The highest BCUT2D eigenvalue weighted by Gasteiger charge is 2.14. The van der Waals surface area contributed by atoms with Crippen molar-refractivity contribution in [3.8, 4) is 0 Å². The van der Waals surface area contributed by atoms with E-state index in [2.05, 4.69) is 26.4 Å². The van der Waals surface area contributed by atoms with Gasteiger partial charge in [-0.3, -0.25) is 4.79 Å². The van der Waals surface area contributed by atoms with Gasteiger partial charge in [-0.25, -0.2) is 0 Å². The quantitative estimate of drug-likeness (QED) is 0.335. The lowest BCUT2D eigenvalue weighted by Gasteiger charge is -2.11. The zero-order chi connectivity index (χ0) is 15.4. The van der Waals surface area contributed by atoms with Gasteiger partial charge in [0.25, 0.3) is 5.91 Å². The third-order valence-electron chi connectivity index (χ3n) is 2.73. The van der Waals surface area contributed by atoms with Gasteiger partial charge < -0.3 is 16.3 Å². The van der Waals surface area contributed by atoms with Gasteiger partial charge in [0.15, 0.2) is 5.84 Å². The molecular formula is C14H11BrClN3O2. The third-order valence-corrected chi connectivity index (χ3v) is 3.66. The van der Waals surface area contributed by atoms with Crippen LogP contribution < -0.4 is 11.1 Å². The molecule has 5 nitrogen and oxygen atoms in total. The van der Waals surface area contributed by atoms with Crippen molar-refractivity contribution in [3.63, 3.8) is 0 Å². The maximum atomic E-state index is 12.3. The van der Waals surface area contributed by atoms with Gasteiger partial charge >= 0.3 is 0 Å². The van der Waals surface area contributed by atoms with E-state index in [4.69, 9.17) is 22.5 Å². The van der Waals surface area contributed by atoms with Crippen LogP contribution in [0.4, 0.5) is 5.69 Å². The molecule has 2 rings (SSSR count). The standard InChI is InChI=1S/C14H11BrClN3O2/c15-11-6-5-8(16)7-10(11)14(20)18-12-4-2-1-3-9(12)13(17)19-21/h1-7,21H,(H2,17,19)(H,18,20). The Balaban J connectivity index is 2.34. The van der Waals surface area contributed by atoms with E-state index in [1.807, 2.05) is 0 Å². The van der Waals surface area contributed by atoms with Crippen LogP contribution in [0.25, 0.3) is 0 Å². The Hall–Kier alpha value is -2.05. The van der Waals surface area contributed by atoms with Crippen LogP contribution in [0.1, 0.15) is 15.9 Å². The molecule has 0 fully saturated rings. The number of amides is 1. The predicted octanol–water partition coefficient (Wildman–Crippen LogP) is 3.45. The second-order valence-corrected chi connectivity index (χ2v) is 5.40. The molecule has 1 amide bonds. The van der Waals surface area contributed by atoms with Crippen LogP contribution in [0.15, 0.2) is 52.1 Å². The lowest BCUT2D eigenvalue weighted by Crippen LogP contribution is -2.19. The first-order chi connectivity index (χ1) is 10.0. The average molecular weight is 369 g/mol. The highest BCUT2D eigenvalue weighted by molar-refractivity contribution is 9.10. The third kappa shape index (κ3) is 3.53. The molecule has 0 saturated carbocycles. The lowest BCUT2D eigenvalue weighted by atomic mass is 10.1. The summed E-state index contributed by atoms with van der Waals surface area (Å²) in [6.45, 7) is 0. The number of oxime groups is 1. The summed E-state index contributed by atoms with van der Waals surface area (Å²) < 4.78 is 0.616. The molecule has 0 atom stereocenters. The molecule has 0 unspecified atom stereocenters. The number of hydrogen-bond acceptors (Lipinski definition) is 3. The Kier molecular flexibility index (Phi) is 4.82. The molecule has 4 N–H and O–H groups in total. The molecular weight excluding hydrogens is 358 g/mol. The molecule has 2 aromatic rings. The van der Waals surface area contributed by atoms with Gasteiger partial charge in [0.2, 0.25) is 0 Å². The Labute approximate surface area is 134 Å². The van der Waals surface area contributed by atoms with E-state index in [-0.39, 0.29) is 11.7 Å². The van der Waals surface area contributed by atoms with Gasteiger partial charge in [-0.1, -0.05) is 28.9 Å². The number of anilines is 1. The molecule has 0 saturated heterocycles. The molecule has 108 valence electrons. The van der Waals surface area contributed by atoms with E-state index in [1.54, 1.807) is 42.5 Å². The van der Waals surface area contributed by atoms with Crippen molar-refractivity contribution in [1.82, 2.24) is 0 Å². The van der Waals surface area contributed by atoms with Gasteiger partial charge in [0.05, 0.1) is 11.3 Å². The minimum atomic E-state index is -0.359. The fraction of sp³-hybridized carbons (Fsp3) is 0. The minimum Gasteiger partial charge on any atom is -0.409 e. The number of carbonyl (C=O) groups excluding carboxylic acids is 1. The number of nitrogens with zero attached hydrogens (tertiary/aromatic N) is 1. The minimum absolute atomic E-state index is 0.0870. The van der Waals surface area contributed by atoms with Gasteiger partial charge in [-0.05, 0) is 46.3 Å². The van der Waals surface area contributed by atoms with Gasteiger partial charge in [0.1, 0.15) is 0 Å². The second-order valence-electron chi connectivity index (χ2n) is 4.11.